The number of hydroxylamine groups is 2. The molecular weight excluding hydrogens is 418 g/mol. The summed E-state index contributed by atoms with van der Waals surface area (Å²) in [5.41, 5.74) is -2.41. The fourth-order valence-electron chi connectivity index (χ4n) is 2.44. The highest BCUT2D eigenvalue weighted by molar-refractivity contribution is 7.86. The Balaban J connectivity index is 4.33. The Morgan fingerprint density at radius 3 is 1.32 bits per heavy atom. The molecule has 0 bridgehead atoms. The minimum Gasteiger partial charge on any atom is -0.350 e. The van der Waals surface area contributed by atoms with Crippen molar-refractivity contribution >= 4 is 32.1 Å². The molecule has 0 rings (SSSR count). The molecule has 0 unspecified atom stereocenters. The first-order valence-corrected chi connectivity index (χ1v) is 11.5. The maximum Gasteiger partial charge on any atom is 0.267 e. The van der Waals surface area contributed by atoms with Gasteiger partial charge in [0.15, 0.2) is 0 Å². The molecule has 0 aromatic carbocycles. The molecule has 5 N–H and O–H groups in total. The average Bonchev–Trinajstić information content (AvgIpc) is 2.35. The van der Waals surface area contributed by atoms with Crippen molar-refractivity contribution in [1.29, 1.82) is 0 Å². The minimum atomic E-state index is -4.28. The van der Waals surface area contributed by atoms with E-state index in [1.165, 1.54) is 27.7 Å². The van der Waals surface area contributed by atoms with E-state index in [-0.39, 0.29) is 25.9 Å². The van der Waals surface area contributed by atoms with Gasteiger partial charge in [0.1, 0.15) is 0 Å². The van der Waals surface area contributed by atoms with Crippen LogP contribution in [0.25, 0.3) is 0 Å². The molecule has 0 heterocycles. The van der Waals surface area contributed by atoms with Gasteiger partial charge in [-0.05, 0) is 27.7 Å². The van der Waals surface area contributed by atoms with Crippen molar-refractivity contribution < 1.29 is 40.7 Å². The third-order valence-corrected chi connectivity index (χ3v) is 5.41. The van der Waals surface area contributed by atoms with Crippen molar-refractivity contribution in [2.24, 2.45) is 0 Å². The fraction of sp³-hybridized carbons (Fsp3) is 0.857. The largest absolute Gasteiger partial charge is 0.350 e. The lowest BCUT2D eigenvalue weighted by Gasteiger charge is -2.26. The Morgan fingerprint density at radius 1 is 0.786 bits per heavy atom. The SMILES string of the molecule is CC(C)(CS(=O)(=O)O)NC(=O)CCN(O)CCC(=O)NC(C)(C)CS(=O)(=O)O. The van der Waals surface area contributed by atoms with Gasteiger partial charge in [0.25, 0.3) is 20.2 Å². The second-order valence-corrected chi connectivity index (χ2v) is 10.7. The van der Waals surface area contributed by atoms with Gasteiger partial charge >= 0.3 is 0 Å². The monoisotopic (exact) mass is 447 g/mol. The molecule has 2 amide bonds. The smallest absolute Gasteiger partial charge is 0.267 e. The topological polar surface area (TPSA) is 190 Å². The molecule has 0 radical (unpaired) electrons. The second-order valence-electron chi connectivity index (χ2n) is 7.77. The van der Waals surface area contributed by atoms with Crippen LogP contribution in [0.4, 0.5) is 0 Å². The summed E-state index contributed by atoms with van der Waals surface area (Å²) in [5.74, 6) is -2.47. The average molecular weight is 448 g/mol. The molecule has 0 aliphatic carbocycles. The van der Waals surface area contributed by atoms with E-state index in [0.717, 1.165) is 0 Å². The highest BCUT2D eigenvalue weighted by Crippen LogP contribution is 2.07. The summed E-state index contributed by atoms with van der Waals surface area (Å²) < 4.78 is 61.2. The van der Waals surface area contributed by atoms with Crippen LogP contribution in [-0.4, -0.2) is 83.7 Å². The number of hydrogen-bond donors (Lipinski definition) is 5. The molecule has 14 heteroatoms. The van der Waals surface area contributed by atoms with E-state index >= 15 is 0 Å². The predicted molar refractivity (Wildman–Crippen MR) is 99.9 cm³/mol. The molecule has 0 saturated carbocycles. The molecule has 0 aromatic rings. The predicted octanol–water partition coefficient (Wildman–Crippen LogP) is -0.977. The van der Waals surface area contributed by atoms with E-state index in [1.807, 2.05) is 0 Å². The first-order chi connectivity index (χ1) is 12.3. The zero-order chi connectivity index (χ0) is 22.4. The molecule has 12 nitrogen and oxygen atoms in total. The normalized spacial score (nSPS) is 13.4. The summed E-state index contributed by atoms with van der Waals surface area (Å²) in [6, 6.07) is 0. The van der Waals surface area contributed by atoms with E-state index in [2.05, 4.69) is 10.6 Å². The molecule has 0 aliphatic heterocycles. The van der Waals surface area contributed by atoms with Gasteiger partial charge in [-0.1, -0.05) is 0 Å². The highest BCUT2D eigenvalue weighted by atomic mass is 32.2. The van der Waals surface area contributed by atoms with Gasteiger partial charge in [-0.15, -0.1) is 0 Å². The number of carbonyl (C=O) groups excluding carboxylic acids is 2. The lowest BCUT2D eigenvalue weighted by atomic mass is 10.1. The maximum atomic E-state index is 11.8. The standard InChI is InChI=1S/C14H29N3O9S2/c1-13(2,9-27(21,22)23)15-11(18)5-7-17(20)8-6-12(19)16-14(3,4)10-28(24,25)26/h20H,5-10H2,1-4H3,(H,15,18)(H,16,19)(H,21,22,23)(H,24,25,26). The Labute approximate surface area is 165 Å². The van der Waals surface area contributed by atoms with E-state index in [9.17, 15) is 31.6 Å². The summed E-state index contributed by atoms with van der Waals surface area (Å²) in [6.07, 6.45) is -0.386. The number of nitrogens with one attached hydrogen (secondary N) is 2. The third-order valence-electron chi connectivity index (χ3n) is 3.24. The van der Waals surface area contributed by atoms with Crippen molar-refractivity contribution in [3.05, 3.63) is 0 Å². The van der Waals surface area contributed by atoms with Crippen molar-refractivity contribution in [3.63, 3.8) is 0 Å². The number of rotatable bonds is 12. The molecule has 0 spiro atoms. The van der Waals surface area contributed by atoms with Crippen LogP contribution in [0.15, 0.2) is 0 Å². The van der Waals surface area contributed by atoms with Crippen LogP contribution in [0.2, 0.25) is 0 Å². The summed E-state index contributed by atoms with van der Waals surface area (Å²) in [5, 5.41) is 15.3. The second kappa shape index (κ2) is 9.93. The van der Waals surface area contributed by atoms with Gasteiger partial charge in [0.05, 0.1) is 22.6 Å². The maximum absolute atomic E-state index is 11.8. The zero-order valence-corrected chi connectivity index (χ0v) is 17.9. The van der Waals surface area contributed by atoms with Crippen LogP contribution in [0.5, 0.6) is 0 Å². The van der Waals surface area contributed by atoms with Gasteiger partial charge in [-0.3, -0.25) is 18.7 Å². The molecule has 166 valence electrons. The van der Waals surface area contributed by atoms with E-state index < -0.39 is 54.6 Å². The zero-order valence-electron chi connectivity index (χ0n) is 16.3. The summed E-state index contributed by atoms with van der Waals surface area (Å²) >= 11 is 0. The molecular formula is C14H29N3O9S2. The Bertz CT molecular complexity index is 697. The van der Waals surface area contributed by atoms with E-state index in [4.69, 9.17) is 9.11 Å². The van der Waals surface area contributed by atoms with Gasteiger partial charge in [-0.25, -0.2) is 0 Å². The summed E-state index contributed by atoms with van der Waals surface area (Å²) in [4.78, 5) is 23.6. The number of carbonyl (C=O) groups is 2. The lowest BCUT2D eigenvalue weighted by Crippen LogP contribution is -2.49. The molecule has 0 saturated heterocycles. The van der Waals surface area contributed by atoms with Gasteiger partial charge < -0.3 is 15.8 Å². The minimum absolute atomic E-state index is 0.143. The van der Waals surface area contributed by atoms with Crippen LogP contribution in [0.1, 0.15) is 40.5 Å². The van der Waals surface area contributed by atoms with Crippen LogP contribution < -0.4 is 10.6 Å². The van der Waals surface area contributed by atoms with Crippen LogP contribution in [0.3, 0.4) is 0 Å². The molecule has 0 fully saturated rings. The van der Waals surface area contributed by atoms with E-state index in [0.29, 0.717) is 5.06 Å². The summed E-state index contributed by atoms with van der Waals surface area (Å²) in [7, 11) is -8.55. The van der Waals surface area contributed by atoms with Crippen LogP contribution in [-0.2, 0) is 29.8 Å². The molecule has 0 aromatic heterocycles. The quantitative estimate of drug-likeness (QED) is 0.184. The third kappa shape index (κ3) is 14.7. The van der Waals surface area contributed by atoms with Gasteiger partial charge in [0, 0.05) is 25.9 Å². The molecule has 0 aliphatic rings. The fourth-order valence-corrected chi connectivity index (χ4v) is 4.41. The summed E-state index contributed by atoms with van der Waals surface area (Å²) in [6.45, 7) is 5.36. The van der Waals surface area contributed by atoms with Crippen molar-refractivity contribution in [3.8, 4) is 0 Å². The highest BCUT2D eigenvalue weighted by Gasteiger charge is 2.28. The Hall–Kier alpha value is -1.32. The number of hydrogen-bond acceptors (Lipinski definition) is 8. The van der Waals surface area contributed by atoms with Crippen molar-refractivity contribution in [2.45, 2.75) is 51.6 Å². The number of amides is 2. The van der Waals surface area contributed by atoms with Crippen molar-refractivity contribution in [2.75, 3.05) is 24.6 Å². The first-order valence-electron chi connectivity index (χ1n) is 8.26. The molecule has 0 atom stereocenters. The Morgan fingerprint density at radius 2 is 1.07 bits per heavy atom. The van der Waals surface area contributed by atoms with E-state index in [1.54, 1.807) is 0 Å². The van der Waals surface area contributed by atoms with Crippen LogP contribution >= 0.6 is 0 Å². The van der Waals surface area contributed by atoms with Gasteiger partial charge in [0.2, 0.25) is 11.8 Å². The lowest BCUT2D eigenvalue weighted by molar-refractivity contribution is -0.132. The first kappa shape index (κ1) is 26.7. The van der Waals surface area contributed by atoms with Crippen molar-refractivity contribution in [1.82, 2.24) is 15.7 Å². The number of nitrogens with zero attached hydrogens (tertiary/aromatic N) is 1. The Kier molecular flexibility index (Phi) is 9.47. The van der Waals surface area contributed by atoms with Gasteiger partial charge in [-0.2, -0.15) is 21.9 Å². The molecule has 28 heavy (non-hydrogen) atoms. The van der Waals surface area contributed by atoms with Crippen LogP contribution in [0, 0.1) is 0 Å².